The summed E-state index contributed by atoms with van der Waals surface area (Å²) in [7, 11) is 0. The Balaban J connectivity index is 1.34. The molecule has 37 heavy (non-hydrogen) atoms. The summed E-state index contributed by atoms with van der Waals surface area (Å²) < 4.78 is 15.6. The molecule has 11 heteroatoms. The van der Waals surface area contributed by atoms with Crippen molar-refractivity contribution in [3.8, 4) is 0 Å². The Morgan fingerprint density at radius 2 is 1.95 bits per heavy atom. The van der Waals surface area contributed by atoms with Crippen LogP contribution in [0, 0.1) is 13.8 Å². The van der Waals surface area contributed by atoms with Crippen molar-refractivity contribution in [2.45, 2.75) is 33.2 Å². The summed E-state index contributed by atoms with van der Waals surface area (Å²) >= 11 is 1.31. The summed E-state index contributed by atoms with van der Waals surface area (Å²) in [5.41, 5.74) is 10.8. The maximum Gasteiger partial charge on any atom is 0.273 e. The average Bonchev–Trinajstić information content (AvgIpc) is 3.47. The highest BCUT2D eigenvalue weighted by Gasteiger charge is 2.19. The highest BCUT2D eigenvalue weighted by atomic mass is 32.1. The van der Waals surface area contributed by atoms with Crippen molar-refractivity contribution in [2.75, 3.05) is 16.4 Å². The van der Waals surface area contributed by atoms with Gasteiger partial charge >= 0.3 is 0 Å². The zero-order valence-electron chi connectivity index (χ0n) is 20.2. The first-order valence-corrected chi connectivity index (χ1v) is 12.5. The van der Waals surface area contributed by atoms with Gasteiger partial charge in [-0.2, -0.15) is 5.10 Å². The van der Waals surface area contributed by atoms with E-state index in [-0.39, 0.29) is 17.6 Å². The third kappa shape index (κ3) is 5.12. The molecule has 0 unspecified atom stereocenters. The van der Waals surface area contributed by atoms with Gasteiger partial charge in [0.15, 0.2) is 0 Å². The minimum atomic E-state index is -0.337. The van der Waals surface area contributed by atoms with Gasteiger partial charge in [0.25, 0.3) is 11.8 Å². The number of nitrogens with zero attached hydrogens (tertiary/aromatic N) is 4. The van der Waals surface area contributed by atoms with Gasteiger partial charge in [-0.1, -0.05) is 12.1 Å². The molecule has 0 spiro atoms. The Hall–Kier alpha value is -4.38. The number of carbonyl (C=O) groups excluding carboxylic acids is 2. The molecule has 0 bridgehead atoms. The lowest BCUT2D eigenvalue weighted by atomic mass is 10.0. The van der Waals surface area contributed by atoms with Crippen LogP contribution in [0.5, 0.6) is 0 Å². The highest BCUT2D eigenvalue weighted by Crippen LogP contribution is 2.29. The third-order valence-corrected chi connectivity index (χ3v) is 7.03. The Bertz CT molecular complexity index is 1600. The minimum absolute atomic E-state index is 0.148. The average molecular weight is 518 g/mol. The number of benzene rings is 1. The van der Waals surface area contributed by atoms with E-state index in [9.17, 15) is 14.0 Å². The van der Waals surface area contributed by atoms with Gasteiger partial charge in [0.1, 0.15) is 23.7 Å². The van der Waals surface area contributed by atoms with Crippen molar-refractivity contribution in [3.05, 3.63) is 82.0 Å². The van der Waals surface area contributed by atoms with E-state index in [4.69, 9.17) is 5.73 Å². The van der Waals surface area contributed by atoms with Crippen molar-refractivity contribution < 1.29 is 14.0 Å². The fourth-order valence-electron chi connectivity index (χ4n) is 4.08. The summed E-state index contributed by atoms with van der Waals surface area (Å²) in [4.78, 5) is 34.3. The number of aromatic nitrogens is 4. The van der Waals surface area contributed by atoms with Gasteiger partial charge < -0.3 is 16.4 Å². The summed E-state index contributed by atoms with van der Waals surface area (Å²) in [5.74, 6) is -0.496. The van der Waals surface area contributed by atoms with E-state index in [0.717, 1.165) is 11.1 Å². The first-order chi connectivity index (χ1) is 17.8. The molecule has 3 heterocycles. The molecule has 0 radical (unpaired) electrons. The second kappa shape index (κ2) is 9.94. The summed E-state index contributed by atoms with van der Waals surface area (Å²) in [6.45, 7) is 4.08. The van der Waals surface area contributed by atoms with Crippen LogP contribution in [0.2, 0.25) is 0 Å². The molecule has 0 fully saturated rings. The van der Waals surface area contributed by atoms with Crippen LogP contribution in [0.3, 0.4) is 0 Å². The van der Waals surface area contributed by atoms with E-state index in [0.29, 0.717) is 63.7 Å². The monoisotopic (exact) mass is 517 g/mol. The van der Waals surface area contributed by atoms with Gasteiger partial charge in [0.2, 0.25) is 0 Å². The standard InChI is InChI=1S/C26H24FN7O2S/c1-14-3-8-18(10-20(14)32-25(35)19-12-37-23-22(19)29-13-30-24(23)28)31-26(36)21-9-15(2)33-34(21)11-16-4-6-17(27)7-5-16/h3-4,6,8-10,12-13H,5,7,11H2,1-2H3,(H,31,36)(H,32,35)(H2,28,29,30). The number of nitrogens with one attached hydrogen (secondary N) is 2. The van der Waals surface area contributed by atoms with E-state index < -0.39 is 0 Å². The molecule has 2 amide bonds. The maximum absolute atomic E-state index is 13.3. The molecule has 1 aliphatic rings. The molecule has 188 valence electrons. The topological polar surface area (TPSA) is 128 Å². The highest BCUT2D eigenvalue weighted by molar-refractivity contribution is 7.18. The second-order valence-electron chi connectivity index (χ2n) is 8.79. The Morgan fingerprint density at radius 3 is 2.73 bits per heavy atom. The normalized spacial score (nSPS) is 13.3. The lowest BCUT2D eigenvalue weighted by molar-refractivity contribution is 0.101. The van der Waals surface area contributed by atoms with Crippen molar-refractivity contribution in [1.82, 2.24) is 19.7 Å². The lowest BCUT2D eigenvalue weighted by Crippen LogP contribution is -2.19. The van der Waals surface area contributed by atoms with Gasteiger partial charge in [-0.3, -0.25) is 14.3 Å². The quantitative estimate of drug-likeness (QED) is 0.324. The van der Waals surface area contributed by atoms with E-state index >= 15 is 0 Å². The van der Waals surface area contributed by atoms with Gasteiger partial charge in [-0.15, -0.1) is 11.3 Å². The number of allylic oxidation sites excluding steroid dienone is 4. The molecule has 1 aliphatic carbocycles. The molecule has 4 N–H and O–H groups in total. The molecule has 9 nitrogen and oxygen atoms in total. The molecule has 0 saturated heterocycles. The maximum atomic E-state index is 13.3. The van der Waals surface area contributed by atoms with Gasteiger partial charge in [-0.05, 0) is 55.7 Å². The number of thiophene rings is 1. The zero-order valence-corrected chi connectivity index (χ0v) is 21.0. The number of rotatable bonds is 6. The van der Waals surface area contributed by atoms with Gasteiger partial charge in [0.05, 0.1) is 28.0 Å². The third-order valence-electron chi connectivity index (χ3n) is 6.04. The number of halogens is 1. The summed E-state index contributed by atoms with van der Waals surface area (Å²) in [5, 5.41) is 11.9. The SMILES string of the molecule is Cc1cc(C(=O)Nc2ccc(C)c(NC(=O)c3csc4c(N)ncnc34)c2)n(CC2=CC=C(F)CC2)n1. The van der Waals surface area contributed by atoms with Crippen LogP contribution in [0.4, 0.5) is 21.6 Å². The number of anilines is 3. The fraction of sp³-hybridized carbons (Fsp3) is 0.192. The predicted molar refractivity (Wildman–Crippen MR) is 142 cm³/mol. The Labute approximate surface area is 215 Å². The van der Waals surface area contributed by atoms with Crippen molar-refractivity contribution in [1.29, 1.82) is 0 Å². The molecule has 1 aromatic carbocycles. The largest absolute Gasteiger partial charge is 0.382 e. The van der Waals surface area contributed by atoms with Crippen LogP contribution in [-0.4, -0.2) is 31.6 Å². The fourth-order valence-corrected chi connectivity index (χ4v) is 4.98. The van der Waals surface area contributed by atoms with E-state index in [1.54, 1.807) is 34.3 Å². The van der Waals surface area contributed by atoms with Crippen molar-refractivity contribution in [3.63, 3.8) is 0 Å². The van der Waals surface area contributed by atoms with E-state index in [1.807, 2.05) is 19.9 Å². The van der Waals surface area contributed by atoms with Crippen LogP contribution < -0.4 is 16.4 Å². The first kappa shape index (κ1) is 24.3. The number of nitrogen functional groups attached to an aromatic ring is 1. The smallest absolute Gasteiger partial charge is 0.273 e. The molecular formula is C26H24FN7O2S. The molecule has 4 aromatic rings. The number of nitrogens with two attached hydrogens (primary N) is 1. The second-order valence-corrected chi connectivity index (χ2v) is 9.67. The number of aryl methyl sites for hydroxylation is 2. The summed E-state index contributed by atoms with van der Waals surface area (Å²) in [6.07, 6.45) is 5.46. The van der Waals surface area contributed by atoms with E-state index in [2.05, 4.69) is 25.7 Å². The lowest BCUT2D eigenvalue weighted by Gasteiger charge is -2.14. The number of hydrogen-bond acceptors (Lipinski definition) is 7. The minimum Gasteiger partial charge on any atom is -0.382 e. The van der Waals surface area contributed by atoms with Crippen LogP contribution >= 0.6 is 11.3 Å². The van der Waals surface area contributed by atoms with Crippen molar-refractivity contribution in [2.24, 2.45) is 0 Å². The van der Waals surface area contributed by atoms with Crippen molar-refractivity contribution >= 4 is 50.6 Å². The molecule has 3 aromatic heterocycles. The van der Waals surface area contributed by atoms with Crippen LogP contribution in [0.1, 0.15) is 44.9 Å². The zero-order chi connectivity index (χ0) is 26.1. The number of carbonyl (C=O) groups is 2. The summed E-state index contributed by atoms with van der Waals surface area (Å²) in [6, 6.07) is 6.99. The molecule has 5 rings (SSSR count). The Morgan fingerprint density at radius 1 is 1.11 bits per heavy atom. The number of hydrogen-bond donors (Lipinski definition) is 3. The predicted octanol–water partition coefficient (Wildman–Crippen LogP) is 5.17. The molecule has 0 atom stereocenters. The van der Waals surface area contributed by atoms with Gasteiger partial charge in [0, 0.05) is 23.2 Å². The number of fused-ring (bicyclic) bond motifs is 1. The van der Waals surface area contributed by atoms with Crippen LogP contribution in [0.25, 0.3) is 10.2 Å². The van der Waals surface area contributed by atoms with E-state index in [1.165, 1.54) is 23.7 Å². The number of amides is 2. The van der Waals surface area contributed by atoms with Gasteiger partial charge in [-0.25, -0.2) is 14.4 Å². The van der Waals surface area contributed by atoms with Crippen LogP contribution in [-0.2, 0) is 6.54 Å². The van der Waals surface area contributed by atoms with Crippen LogP contribution in [0.15, 0.2) is 59.5 Å². The molecule has 0 saturated carbocycles. The first-order valence-electron chi connectivity index (χ1n) is 11.6. The Kier molecular flexibility index (Phi) is 6.53. The molecular weight excluding hydrogens is 493 g/mol. The molecule has 0 aliphatic heterocycles.